The Bertz CT molecular complexity index is 285. The Balaban J connectivity index is 0.00000225. The maximum atomic E-state index is 3.76. The summed E-state index contributed by atoms with van der Waals surface area (Å²) in [5.74, 6) is 0. The molecule has 16 heavy (non-hydrogen) atoms. The monoisotopic (exact) mass is 281 g/mol. The Morgan fingerprint density at radius 2 is 1.56 bits per heavy atom. The highest BCUT2D eigenvalue weighted by Crippen LogP contribution is 2.01. The predicted octanol–water partition coefficient (Wildman–Crippen LogP) is 3.48. The van der Waals surface area contributed by atoms with Crippen molar-refractivity contribution in [3.05, 3.63) is 61.2 Å². The molecule has 0 spiro atoms. The maximum absolute atomic E-state index is 3.76. The van der Waals surface area contributed by atoms with Crippen LogP contribution >= 0.6 is 17.0 Å². The molecular weight excluding hydrogens is 262 g/mol. The Kier molecular flexibility index (Phi) is 8.87. The van der Waals surface area contributed by atoms with Gasteiger partial charge in [-0.3, -0.25) is 4.90 Å². The number of hydrogen-bond acceptors (Lipinski definition) is 1. The van der Waals surface area contributed by atoms with E-state index in [-0.39, 0.29) is 17.0 Å². The molecule has 0 fully saturated rings. The second kappa shape index (κ2) is 9.37. The third-order valence-corrected chi connectivity index (χ3v) is 2.33. The first kappa shape index (κ1) is 15.1. The van der Waals surface area contributed by atoms with Crippen molar-refractivity contribution in [1.82, 2.24) is 4.90 Å². The lowest BCUT2D eigenvalue weighted by Crippen LogP contribution is -2.26. The van der Waals surface area contributed by atoms with Crippen molar-refractivity contribution in [3.8, 4) is 0 Å². The second-order valence-corrected chi connectivity index (χ2v) is 3.57. The minimum Gasteiger partial charge on any atom is -0.296 e. The molecule has 1 rings (SSSR count). The summed E-state index contributed by atoms with van der Waals surface area (Å²) in [6, 6.07) is 10.6. The van der Waals surface area contributed by atoms with E-state index < -0.39 is 0 Å². The van der Waals surface area contributed by atoms with Crippen LogP contribution in [0.4, 0.5) is 0 Å². The van der Waals surface area contributed by atoms with Gasteiger partial charge in [-0.25, -0.2) is 0 Å². The molecule has 0 aromatic heterocycles. The normalized spacial score (nSPS) is 9.56. The van der Waals surface area contributed by atoms with Gasteiger partial charge in [0.15, 0.2) is 0 Å². The molecule has 0 aliphatic rings. The summed E-state index contributed by atoms with van der Waals surface area (Å²) in [6.07, 6.45) is 4.96. The van der Waals surface area contributed by atoms with Crippen LogP contribution in [0.3, 0.4) is 0 Å². The summed E-state index contributed by atoms with van der Waals surface area (Å²) >= 11 is 0. The van der Waals surface area contributed by atoms with Gasteiger partial charge in [0, 0.05) is 19.6 Å². The van der Waals surface area contributed by atoms with Crippen molar-refractivity contribution in [2.45, 2.75) is 6.42 Å². The van der Waals surface area contributed by atoms with Crippen LogP contribution in [0.2, 0.25) is 0 Å². The zero-order chi connectivity index (χ0) is 10.9. The number of hydrogen-bond donors (Lipinski definition) is 0. The second-order valence-electron chi connectivity index (χ2n) is 3.57. The fourth-order valence-electron chi connectivity index (χ4n) is 1.55. The molecule has 0 radical (unpaired) electrons. The molecule has 88 valence electrons. The van der Waals surface area contributed by atoms with Gasteiger partial charge in [0.1, 0.15) is 0 Å². The number of nitrogens with zero attached hydrogens (tertiary/aromatic N) is 1. The van der Waals surface area contributed by atoms with Crippen LogP contribution < -0.4 is 0 Å². The van der Waals surface area contributed by atoms with Gasteiger partial charge >= 0.3 is 0 Å². The van der Waals surface area contributed by atoms with Crippen LogP contribution in [0.25, 0.3) is 0 Å². The molecule has 1 aromatic carbocycles. The zero-order valence-electron chi connectivity index (χ0n) is 9.64. The maximum Gasteiger partial charge on any atom is 0.0164 e. The zero-order valence-corrected chi connectivity index (χ0v) is 11.4. The lowest BCUT2D eigenvalue weighted by atomic mass is 10.1. The van der Waals surface area contributed by atoms with Crippen molar-refractivity contribution in [2.24, 2.45) is 0 Å². The molecule has 0 aliphatic carbocycles. The van der Waals surface area contributed by atoms with Crippen molar-refractivity contribution < 1.29 is 0 Å². The van der Waals surface area contributed by atoms with Crippen LogP contribution in [-0.4, -0.2) is 24.5 Å². The van der Waals surface area contributed by atoms with E-state index in [9.17, 15) is 0 Å². The first-order valence-electron chi connectivity index (χ1n) is 5.35. The quantitative estimate of drug-likeness (QED) is 0.692. The fraction of sp³-hybridized carbons (Fsp3) is 0.286. The van der Waals surface area contributed by atoms with E-state index in [0.717, 1.165) is 26.1 Å². The highest BCUT2D eigenvalue weighted by molar-refractivity contribution is 8.93. The molecule has 0 saturated carbocycles. The number of halogens is 1. The Labute approximate surface area is 109 Å². The first-order chi connectivity index (χ1) is 7.36. The molecular formula is C14H20BrN. The minimum absolute atomic E-state index is 0. The predicted molar refractivity (Wildman–Crippen MR) is 77.3 cm³/mol. The fourth-order valence-corrected chi connectivity index (χ4v) is 1.55. The number of benzene rings is 1. The topological polar surface area (TPSA) is 3.24 Å². The summed E-state index contributed by atoms with van der Waals surface area (Å²) in [5, 5.41) is 0. The van der Waals surface area contributed by atoms with Gasteiger partial charge in [-0.1, -0.05) is 42.5 Å². The summed E-state index contributed by atoms with van der Waals surface area (Å²) in [7, 11) is 0. The Morgan fingerprint density at radius 3 is 2.06 bits per heavy atom. The molecule has 0 saturated heterocycles. The summed E-state index contributed by atoms with van der Waals surface area (Å²) in [5.41, 5.74) is 1.38. The molecule has 0 amide bonds. The summed E-state index contributed by atoms with van der Waals surface area (Å²) in [4.78, 5) is 2.33. The van der Waals surface area contributed by atoms with Crippen LogP contribution in [0.15, 0.2) is 55.6 Å². The van der Waals surface area contributed by atoms with Gasteiger partial charge < -0.3 is 0 Å². The SMILES string of the molecule is Br.C=CCN(CC=C)CCc1ccccc1. The molecule has 2 heteroatoms. The van der Waals surface area contributed by atoms with E-state index >= 15 is 0 Å². The van der Waals surface area contributed by atoms with Crippen molar-refractivity contribution in [3.63, 3.8) is 0 Å². The molecule has 0 atom stereocenters. The molecule has 1 nitrogen and oxygen atoms in total. The highest BCUT2D eigenvalue weighted by Gasteiger charge is 2.00. The average molecular weight is 282 g/mol. The Morgan fingerprint density at radius 1 is 1.00 bits per heavy atom. The molecule has 0 unspecified atom stereocenters. The van der Waals surface area contributed by atoms with E-state index in [4.69, 9.17) is 0 Å². The minimum atomic E-state index is 0. The summed E-state index contributed by atoms with van der Waals surface area (Å²) in [6.45, 7) is 10.4. The van der Waals surface area contributed by atoms with Gasteiger partial charge in [0.05, 0.1) is 0 Å². The highest BCUT2D eigenvalue weighted by atomic mass is 79.9. The lowest BCUT2D eigenvalue weighted by Gasteiger charge is -2.18. The third-order valence-electron chi connectivity index (χ3n) is 2.33. The largest absolute Gasteiger partial charge is 0.296 e. The van der Waals surface area contributed by atoms with E-state index in [1.54, 1.807) is 0 Å². The van der Waals surface area contributed by atoms with Crippen molar-refractivity contribution in [1.29, 1.82) is 0 Å². The standard InChI is InChI=1S/C14H19N.BrH/c1-3-11-15(12-4-2)13-10-14-8-6-5-7-9-14;/h3-9H,1-2,10-13H2;1H. The van der Waals surface area contributed by atoms with Crippen molar-refractivity contribution in [2.75, 3.05) is 19.6 Å². The van der Waals surface area contributed by atoms with Crippen LogP contribution in [0, 0.1) is 0 Å². The van der Waals surface area contributed by atoms with Crippen LogP contribution in [-0.2, 0) is 6.42 Å². The van der Waals surface area contributed by atoms with Crippen LogP contribution in [0.5, 0.6) is 0 Å². The summed E-state index contributed by atoms with van der Waals surface area (Å²) < 4.78 is 0. The Hall–Kier alpha value is -0.860. The van der Waals surface area contributed by atoms with Gasteiger partial charge in [-0.15, -0.1) is 30.1 Å². The van der Waals surface area contributed by atoms with E-state index in [2.05, 4.69) is 48.4 Å². The molecule has 0 aliphatic heterocycles. The van der Waals surface area contributed by atoms with E-state index in [1.165, 1.54) is 5.56 Å². The molecule has 0 N–H and O–H groups in total. The smallest absolute Gasteiger partial charge is 0.0164 e. The third kappa shape index (κ3) is 5.89. The molecule has 1 aromatic rings. The average Bonchev–Trinajstić information content (AvgIpc) is 2.28. The van der Waals surface area contributed by atoms with Gasteiger partial charge in [-0.05, 0) is 12.0 Å². The van der Waals surface area contributed by atoms with E-state index in [0.29, 0.717) is 0 Å². The molecule has 0 bridgehead atoms. The van der Waals surface area contributed by atoms with Gasteiger partial charge in [-0.2, -0.15) is 0 Å². The first-order valence-corrected chi connectivity index (χ1v) is 5.35. The lowest BCUT2D eigenvalue weighted by molar-refractivity contribution is 0.340. The number of rotatable bonds is 7. The van der Waals surface area contributed by atoms with Gasteiger partial charge in [0.2, 0.25) is 0 Å². The van der Waals surface area contributed by atoms with E-state index in [1.807, 2.05) is 12.2 Å². The van der Waals surface area contributed by atoms with Crippen molar-refractivity contribution >= 4 is 17.0 Å². The van der Waals surface area contributed by atoms with Crippen LogP contribution in [0.1, 0.15) is 5.56 Å². The van der Waals surface area contributed by atoms with Gasteiger partial charge in [0.25, 0.3) is 0 Å². The molecule has 0 heterocycles.